The number of imidazole rings is 1. The van der Waals surface area contributed by atoms with Crippen molar-refractivity contribution < 1.29 is 38.6 Å². The number of amides is 3. The Hall–Kier alpha value is -7.56. The Kier molecular flexibility index (Phi) is 11.2. The maximum absolute atomic E-state index is 13.5. The first kappa shape index (κ1) is 41.2. The first-order valence-corrected chi connectivity index (χ1v) is 20.2. The van der Waals surface area contributed by atoms with Crippen molar-refractivity contribution in [1.82, 2.24) is 28.2 Å². The smallest absolute Gasteiger partial charge is 0.335 e. The number of aromatic carboxylic acids is 1. The van der Waals surface area contributed by atoms with Crippen molar-refractivity contribution in [3.63, 3.8) is 0 Å². The Bertz CT molecular complexity index is 2840. The molecular weight excluding hydrogens is 795 g/mol. The fourth-order valence-electron chi connectivity index (χ4n) is 8.04. The number of anilines is 2. The van der Waals surface area contributed by atoms with Crippen molar-refractivity contribution in [3.05, 3.63) is 113 Å². The number of ketones is 1. The summed E-state index contributed by atoms with van der Waals surface area (Å²) in [7, 11) is 5.02. The van der Waals surface area contributed by atoms with Crippen LogP contribution in [-0.4, -0.2) is 94.0 Å². The standard InChI is InChI=1S/C45H45N9O8/c1-26-16-32-33(46-22-31-8-5-6-13-53(31)43(32)58)21-38(26)62-15-7-9-40(56)48-39-25-52(4)41(49-39)37(55)18-27-17-35(50(2)23-27)42(57)47-30-20-36(51(3)24-30)44(59)54-14-12-28-19-29(45(60)61)10-11-34(28)54/h10-12,14,16-17,19-25,31H,5-9,13,15,18H2,1-4H3,(H,47,57)(H,48,56)(H,60,61)/t31-/m0/s1. The highest BCUT2D eigenvalue weighted by Gasteiger charge is 2.31. The number of aromatic nitrogens is 5. The third-order valence-corrected chi connectivity index (χ3v) is 11.2. The summed E-state index contributed by atoms with van der Waals surface area (Å²) < 4.78 is 12.2. The van der Waals surface area contributed by atoms with Gasteiger partial charge in [-0.1, -0.05) is 0 Å². The van der Waals surface area contributed by atoms with E-state index in [2.05, 4.69) is 20.6 Å². The number of piperidine rings is 1. The number of hydrogen-bond acceptors (Lipinski definition) is 9. The summed E-state index contributed by atoms with van der Waals surface area (Å²) in [5.41, 5.74) is 4.15. The maximum atomic E-state index is 13.5. The number of nitrogens with zero attached hydrogens (tertiary/aromatic N) is 7. The molecule has 6 aromatic rings. The van der Waals surface area contributed by atoms with Crippen LogP contribution in [0.25, 0.3) is 10.9 Å². The van der Waals surface area contributed by atoms with E-state index in [0.29, 0.717) is 45.6 Å². The summed E-state index contributed by atoms with van der Waals surface area (Å²) in [6, 6.07) is 13.0. The summed E-state index contributed by atoms with van der Waals surface area (Å²) in [6.45, 7) is 2.88. The minimum absolute atomic E-state index is 0.00946. The Morgan fingerprint density at radius 1 is 0.903 bits per heavy atom. The molecule has 8 rings (SSSR count). The van der Waals surface area contributed by atoms with E-state index in [9.17, 15) is 33.9 Å². The van der Waals surface area contributed by atoms with E-state index in [0.717, 1.165) is 31.4 Å². The van der Waals surface area contributed by atoms with Gasteiger partial charge in [0, 0.05) is 83.0 Å². The number of fused-ring (bicyclic) bond motifs is 3. The number of carbonyl (C=O) groups excluding carboxylic acids is 5. The van der Waals surface area contributed by atoms with Gasteiger partial charge in [0.1, 0.15) is 17.1 Å². The maximum Gasteiger partial charge on any atom is 0.335 e. The average molecular weight is 840 g/mol. The second kappa shape index (κ2) is 16.8. The predicted molar refractivity (Wildman–Crippen MR) is 230 cm³/mol. The fraction of sp³-hybridized carbons (Fsp3) is 0.289. The van der Waals surface area contributed by atoms with Crippen LogP contribution in [0.5, 0.6) is 5.75 Å². The number of Topliss-reactive ketones (excluding diaryl/α,β-unsaturated/α-hetero) is 1. The number of carboxylic acid groups (broad SMARTS) is 1. The minimum Gasteiger partial charge on any atom is -0.493 e. The van der Waals surface area contributed by atoms with Gasteiger partial charge in [0.15, 0.2) is 11.6 Å². The molecule has 318 valence electrons. The monoisotopic (exact) mass is 839 g/mol. The number of aliphatic imine (C=N–C) groups is 1. The van der Waals surface area contributed by atoms with Crippen LogP contribution in [-0.2, 0) is 32.4 Å². The molecule has 0 bridgehead atoms. The van der Waals surface area contributed by atoms with Crippen LogP contribution in [0.1, 0.15) is 95.5 Å². The van der Waals surface area contributed by atoms with Crippen LogP contribution >= 0.6 is 0 Å². The van der Waals surface area contributed by atoms with Crippen molar-refractivity contribution in [2.75, 3.05) is 23.8 Å². The van der Waals surface area contributed by atoms with Gasteiger partial charge in [-0.2, -0.15) is 0 Å². The van der Waals surface area contributed by atoms with E-state index >= 15 is 0 Å². The van der Waals surface area contributed by atoms with Crippen LogP contribution in [0.3, 0.4) is 0 Å². The van der Waals surface area contributed by atoms with E-state index < -0.39 is 11.9 Å². The zero-order valence-corrected chi connectivity index (χ0v) is 34.7. The number of aryl methyl sites for hydroxylation is 4. The highest BCUT2D eigenvalue weighted by Crippen LogP contribution is 2.34. The lowest BCUT2D eigenvalue weighted by Crippen LogP contribution is -2.43. The molecule has 2 aliphatic rings. The van der Waals surface area contributed by atoms with E-state index in [1.165, 1.54) is 21.3 Å². The molecule has 17 heteroatoms. The summed E-state index contributed by atoms with van der Waals surface area (Å²) in [5, 5.41) is 15.5. The molecule has 1 saturated heterocycles. The van der Waals surface area contributed by atoms with E-state index in [1.54, 1.807) is 85.4 Å². The van der Waals surface area contributed by atoms with Crippen LogP contribution in [0.15, 0.2) is 78.3 Å². The highest BCUT2D eigenvalue weighted by molar-refractivity contribution is 6.07. The number of benzene rings is 2. The van der Waals surface area contributed by atoms with E-state index in [-0.39, 0.29) is 77.6 Å². The number of ether oxygens (including phenoxy) is 1. The number of hydrogen-bond donors (Lipinski definition) is 3. The van der Waals surface area contributed by atoms with Crippen LogP contribution < -0.4 is 15.4 Å². The molecule has 2 aliphatic heterocycles. The van der Waals surface area contributed by atoms with Crippen molar-refractivity contribution in [3.8, 4) is 5.75 Å². The lowest BCUT2D eigenvalue weighted by molar-refractivity contribution is -0.116. The van der Waals surface area contributed by atoms with Gasteiger partial charge in [-0.15, -0.1) is 0 Å². The zero-order valence-electron chi connectivity index (χ0n) is 34.7. The summed E-state index contributed by atoms with van der Waals surface area (Å²) in [5.74, 6) is -1.54. The van der Waals surface area contributed by atoms with Crippen molar-refractivity contribution in [2.45, 2.75) is 51.5 Å². The Balaban J connectivity index is 0.832. The van der Waals surface area contributed by atoms with Crippen LogP contribution in [0, 0.1) is 6.92 Å². The number of carboxylic acids is 1. The second-order valence-electron chi connectivity index (χ2n) is 15.7. The first-order valence-electron chi connectivity index (χ1n) is 20.2. The zero-order chi connectivity index (χ0) is 43.8. The lowest BCUT2D eigenvalue weighted by Gasteiger charge is -2.32. The molecule has 6 heterocycles. The van der Waals surface area contributed by atoms with Gasteiger partial charge in [-0.05, 0) is 86.2 Å². The topological polar surface area (TPSA) is 204 Å². The van der Waals surface area contributed by atoms with Gasteiger partial charge in [-0.25, -0.2) is 9.78 Å². The van der Waals surface area contributed by atoms with Crippen LogP contribution in [0.2, 0.25) is 0 Å². The molecule has 0 saturated carbocycles. The van der Waals surface area contributed by atoms with Gasteiger partial charge in [0.2, 0.25) is 11.7 Å². The molecule has 3 N–H and O–H groups in total. The first-order chi connectivity index (χ1) is 29.7. The molecule has 17 nitrogen and oxygen atoms in total. The van der Waals surface area contributed by atoms with Crippen molar-refractivity contribution in [1.29, 1.82) is 0 Å². The Morgan fingerprint density at radius 3 is 2.52 bits per heavy atom. The molecule has 0 spiro atoms. The van der Waals surface area contributed by atoms with Gasteiger partial charge in [-0.3, -0.25) is 33.5 Å². The third kappa shape index (κ3) is 8.28. The fourth-order valence-corrected chi connectivity index (χ4v) is 8.04. The molecule has 0 unspecified atom stereocenters. The van der Waals surface area contributed by atoms with E-state index in [1.807, 2.05) is 24.1 Å². The molecule has 1 fully saturated rings. The Morgan fingerprint density at radius 2 is 1.71 bits per heavy atom. The lowest BCUT2D eigenvalue weighted by atomic mass is 10.0. The normalized spacial score (nSPS) is 14.6. The highest BCUT2D eigenvalue weighted by atomic mass is 16.5. The summed E-state index contributed by atoms with van der Waals surface area (Å²) in [4.78, 5) is 88.6. The molecule has 4 aromatic heterocycles. The number of rotatable bonds is 13. The van der Waals surface area contributed by atoms with Crippen LogP contribution in [0.4, 0.5) is 17.2 Å². The predicted octanol–water partition coefficient (Wildman–Crippen LogP) is 5.93. The molecule has 62 heavy (non-hydrogen) atoms. The van der Waals surface area contributed by atoms with Gasteiger partial charge in [0.05, 0.1) is 40.7 Å². The van der Waals surface area contributed by atoms with E-state index in [4.69, 9.17) is 4.74 Å². The molecule has 2 aromatic carbocycles. The number of nitrogens with one attached hydrogen (secondary N) is 2. The molecule has 3 amide bonds. The Labute approximate surface area is 355 Å². The quantitative estimate of drug-likeness (QED) is 0.0930. The van der Waals surface area contributed by atoms with Crippen molar-refractivity contribution >= 4 is 69.7 Å². The minimum atomic E-state index is -1.06. The molecular formula is C45H45N9O8. The molecule has 0 radical (unpaired) electrons. The molecule has 0 aliphatic carbocycles. The third-order valence-electron chi connectivity index (χ3n) is 11.2. The van der Waals surface area contributed by atoms with Gasteiger partial charge < -0.3 is 39.1 Å². The summed E-state index contributed by atoms with van der Waals surface area (Å²) in [6.07, 6.45) is 11.7. The van der Waals surface area contributed by atoms with Gasteiger partial charge in [0.25, 0.3) is 17.7 Å². The summed E-state index contributed by atoms with van der Waals surface area (Å²) >= 11 is 0. The molecule has 1 atom stereocenters. The largest absolute Gasteiger partial charge is 0.493 e. The average Bonchev–Trinajstić information content (AvgIpc) is 4.01. The number of carbonyl (C=O) groups is 6. The van der Waals surface area contributed by atoms with Gasteiger partial charge >= 0.3 is 5.97 Å². The SMILES string of the molecule is Cc1cc2c(cc1OCCCC(=O)Nc1cn(C)c(C(=O)Cc3cc(C(=O)Nc4cc(C(=O)n5ccc6cc(C(=O)O)ccc65)n(C)c4)n(C)c3)n1)N=C[C@@H]1CCCCN1C2=O. The second-order valence-corrected chi connectivity index (χ2v) is 15.7. The van der Waals surface area contributed by atoms with Crippen molar-refractivity contribution in [2.24, 2.45) is 26.1 Å².